The summed E-state index contributed by atoms with van der Waals surface area (Å²) in [5, 5.41) is 9.12. The van der Waals surface area contributed by atoms with E-state index in [0.717, 1.165) is 45.1 Å². The Balaban J connectivity index is 2.00. The first-order valence-electron chi connectivity index (χ1n) is 7.41. The molecule has 4 nitrogen and oxygen atoms in total. The van der Waals surface area contributed by atoms with Gasteiger partial charge in [0.05, 0.1) is 5.92 Å². The van der Waals surface area contributed by atoms with Gasteiger partial charge in [0.1, 0.15) is 0 Å². The smallest absolute Gasteiger partial charge is 0.227 e. The fourth-order valence-corrected chi connectivity index (χ4v) is 3.42. The molecule has 1 saturated heterocycles. The lowest BCUT2D eigenvalue weighted by Crippen LogP contribution is -2.51. The summed E-state index contributed by atoms with van der Waals surface area (Å²) in [6.07, 6.45) is 8.23. The van der Waals surface area contributed by atoms with Crippen LogP contribution in [0.15, 0.2) is 0 Å². The third-order valence-corrected chi connectivity index (χ3v) is 4.51. The van der Waals surface area contributed by atoms with Crippen molar-refractivity contribution in [1.82, 2.24) is 4.90 Å². The number of hydrogen-bond acceptors (Lipinski definition) is 3. The van der Waals surface area contributed by atoms with E-state index in [1.807, 2.05) is 4.90 Å². The maximum Gasteiger partial charge on any atom is 0.227 e. The van der Waals surface area contributed by atoms with E-state index in [9.17, 15) is 4.79 Å². The van der Waals surface area contributed by atoms with Gasteiger partial charge in [-0.1, -0.05) is 12.8 Å². The van der Waals surface area contributed by atoms with Crippen molar-refractivity contribution in [3.63, 3.8) is 0 Å². The molecule has 1 saturated carbocycles. The number of aliphatic hydroxyl groups excluding tert-OH is 1. The first-order valence-corrected chi connectivity index (χ1v) is 7.41. The average molecular weight is 254 g/mol. The highest BCUT2D eigenvalue weighted by Crippen LogP contribution is 2.28. The molecule has 3 atom stereocenters. The molecule has 18 heavy (non-hydrogen) atoms. The van der Waals surface area contributed by atoms with E-state index in [0.29, 0.717) is 6.42 Å². The highest BCUT2D eigenvalue weighted by atomic mass is 16.3. The Morgan fingerprint density at radius 1 is 1.17 bits per heavy atom. The minimum atomic E-state index is 0.0260. The number of hydrogen-bond donors (Lipinski definition) is 2. The Morgan fingerprint density at radius 2 is 1.89 bits per heavy atom. The topological polar surface area (TPSA) is 66.6 Å². The molecule has 2 fully saturated rings. The summed E-state index contributed by atoms with van der Waals surface area (Å²) < 4.78 is 0. The van der Waals surface area contributed by atoms with Crippen molar-refractivity contribution in [1.29, 1.82) is 0 Å². The highest BCUT2D eigenvalue weighted by molar-refractivity contribution is 5.80. The zero-order valence-electron chi connectivity index (χ0n) is 11.2. The Kier molecular flexibility index (Phi) is 5.01. The second-order valence-electron chi connectivity index (χ2n) is 5.75. The van der Waals surface area contributed by atoms with Crippen LogP contribution in [0.3, 0.4) is 0 Å². The van der Waals surface area contributed by atoms with Crippen molar-refractivity contribution in [2.45, 2.75) is 63.5 Å². The Hall–Kier alpha value is -0.610. The summed E-state index contributed by atoms with van der Waals surface area (Å²) >= 11 is 0. The first kappa shape index (κ1) is 13.8. The molecule has 1 amide bonds. The molecule has 2 aliphatic rings. The molecule has 0 radical (unpaired) electrons. The van der Waals surface area contributed by atoms with Crippen molar-refractivity contribution < 1.29 is 9.90 Å². The molecule has 2 rings (SSSR count). The van der Waals surface area contributed by atoms with Crippen LogP contribution in [-0.2, 0) is 4.79 Å². The number of piperidine rings is 1. The summed E-state index contributed by atoms with van der Waals surface area (Å²) in [7, 11) is 0. The van der Waals surface area contributed by atoms with Crippen molar-refractivity contribution in [3.05, 3.63) is 0 Å². The number of rotatable bonds is 3. The zero-order valence-corrected chi connectivity index (χ0v) is 11.2. The third-order valence-electron chi connectivity index (χ3n) is 4.51. The Morgan fingerprint density at radius 3 is 2.61 bits per heavy atom. The summed E-state index contributed by atoms with van der Waals surface area (Å²) in [4.78, 5) is 14.6. The van der Waals surface area contributed by atoms with Crippen LogP contribution in [0, 0.1) is 5.92 Å². The van der Waals surface area contributed by atoms with E-state index in [4.69, 9.17) is 10.8 Å². The van der Waals surface area contributed by atoms with Gasteiger partial charge < -0.3 is 15.7 Å². The molecule has 4 heteroatoms. The van der Waals surface area contributed by atoms with Crippen molar-refractivity contribution in [2.75, 3.05) is 13.2 Å². The van der Waals surface area contributed by atoms with E-state index < -0.39 is 0 Å². The van der Waals surface area contributed by atoms with Crippen LogP contribution >= 0.6 is 0 Å². The molecule has 1 aliphatic heterocycles. The normalized spacial score (nSPS) is 33.4. The van der Waals surface area contributed by atoms with Gasteiger partial charge in [-0.25, -0.2) is 0 Å². The van der Waals surface area contributed by atoms with Gasteiger partial charge in [0.15, 0.2) is 0 Å². The summed E-state index contributed by atoms with van der Waals surface area (Å²) in [5.74, 6) is 0.276. The number of aliphatic hydroxyl groups is 1. The number of nitrogens with zero attached hydrogens (tertiary/aromatic N) is 1. The van der Waals surface area contributed by atoms with Crippen molar-refractivity contribution in [2.24, 2.45) is 11.7 Å². The van der Waals surface area contributed by atoms with Gasteiger partial charge >= 0.3 is 0 Å². The van der Waals surface area contributed by atoms with Crippen molar-refractivity contribution >= 4 is 5.91 Å². The van der Waals surface area contributed by atoms with Gasteiger partial charge in [-0.3, -0.25) is 4.79 Å². The van der Waals surface area contributed by atoms with Crippen LogP contribution in [0.25, 0.3) is 0 Å². The second-order valence-corrected chi connectivity index (χ2v) is 5.75. The molecule has 0 aromatic rings. The zero-order chi connectivity index (χ0) is 13.0. The predicted molar refractivity (Wildman–Crippen MR) is 71.0 cm³/mol. The van der Waals surface area contributed by atoms with E-state index in [1.165, 1.54) is 6.42 Å². The molecular formula is C14H26N2O2. The molecule has 3 unspecified atom stereocenters. The fourth-order valence-electron chi connectivity index (χ4n) is 3.42. The fraction of sp³-hybridized carbons (Fsp3) is 0.929. The van der Waals surface area contributed by atoms with Crippen LogP contribution in [0.4, 0.5) is 0 Å². The lowest BCUT2D eigenvalue weighted by atomic mass is 9.83. The predicted octanol–water partition coefficient (Wildman–Crippen LogP) is 1.27. The molecule has 0 aromatic carbocycles. The van der Waals surface area contributed by atoms with Crippen LogP contribution in [0.1, 0.15) is 51.4 Å². The monoisotopic (exact) mass is 254 g/mol. The van der Waals surface area contributed by atoms with Crippen LogP contribution in [0.5, 0.6) is 0 Å². The van der Waals surface area contributed by atoms with E-state index in [-0.39, 0.29) is 30.5 Å². The Labute approximate surface area is 110 Å². The lowest BCUT2D eigenvalue weighted by Gasteiger charge is -2.40. The third kappa shape index (κ3) is 3.04. The summed E-state index contributed by atoms with van der Waals surface area (Å²) in [6, 6.07) is 0.285. The molecule has 104 valence electrons. The van der Waals surface area contributed by atoms with Gasteiger partial charge in [-0.15, -0.1) is 0 Å². The number of nitrogens with two attached hydrogens (primary N) is 1. The van der Waals surface area contributed by atoms with E-state index in [2.05, 4.69) is 0 Å². The standard InChI is InChI=1S/C14H26N2O2/c15-13-7-2-1-6-12(13)14(18)16-9-4-3-5-11(16)8-10-17/h11-13,17H,1-10,15H2. The number of likely N-dealkylation sites (tertiary alicyclic amines) is 1. The van der Waals surface area contributed by atoms with Crippen LogP contribution in [-0.4, -0.2) is 41.1 Å². The van der Waals surface area contributed by atoms with Gasteiger partial charge in [0.2, 0.25) is 5.91 Å². The average Bonchev–Trinajstić information content (AvgIpc) is 2.40. The largest absolute Gasteiger partial charge is 0.396 e. The molecular weight excluding hydrogens is 228 g/mol. The first-order chi connectivity index (χ1) is 8.74. The van der Waals surface area contributed by atoms with Crippen molar-refractivity contribution in [3.8, 4) is 0 Å². The maximum atomic E-state index is 12.6. The van der Waals surface area contributed by atoms with Gasteiger partial charge in [-0.05, 0) is 38.5 Å². The SMILES string of the molecule is NC1CCCCC1C(=O)N1CCCCC1CCO. The number of carbonyl (C=O) groups excluding carboxylic acids is 1. The molecule has 0 bridgehead atoms. The Bertz CT molecular complexity index is 281. The van der Waals surface area contributed by atoms with Crippen LogP contribution < -0.4 is 5.73 Å². The number of amides is 1. The van der Waals surface area contributed by atoms with Crippen LogP contribution in [0.2, 0.25) is 0 Å². The molecule has 1 heterocycles. The molecule has 0 spiro atoms. The molecule has 0 aromatic heterocycles. The van der Waals surface area contributed by atoms with E-state index in [1.54, 1.807) is 0 Å². The van der Waals surface area contributed by atoms with Gasteiger partial charge in [-0.2, -0.15) is 0 Å². The summed E-state index contributed by atoms with van der Waals surface area (Å²) in [6.45, 7) is 1.03. The minimum Gasteiger partial charge on any atom is -0.396 e. The highest BCUT2D eigenvalue weighted by Gasteiger charge is 2.35. The minimum absolute atomic E-state index is 0.0260. The quantitative estimate of drug-likeness (QED) is 0.797. The lowest BCUT2D eigenvalue weighted by molar-refractivity contribution is -0.141. The van der Waals surface area contributed by atoms with Gasteiger partial charge in [0.25, 0.3) is 0 Å². The van der Waals surface area contributed by atoms with E-state index >= 15 is 0 Å². The second kappa shape index (κ2) is 6.53. The summed E-state index contributed by atoms with van der Waals surface area (Å²) in [5.41, 5.74) is 6.11. The molecule has 3 N–H and O–H groups in total. The van der Waals surface area contributed by atoms with Gasteiger partial charge in [0, 0.05) is 25.2 Å². The number of carbonyl (C=O) groups is 1. The molecule has 1 aliphatic carbocycles. The maximum absolute atomic E-state index is 12.6.